The largest absolute Gasteiger partial charge is 0.357 e. The third-order valence-corrected chi connectivity index (χ3v) is 5.33. The number of anilines is 1. The molecule has 0 saturated heterocycles. The highest BCUT2D eigenvalue weighted by atomic mass is 32.2. The fraction of sp³-hybridized carbons (Fsp3) is 0.417. The Bertz CT molecular complexity index is 404. The fourth-order valence-electron chi connectivity index (χ4n) is 1.69. The smallest absolute Gasteiger partial charge is 0.157 e. The van der Waals surface area contributed by atoms with E-state index >= 15 is 0 Å². The van der Waals surface area contributed by atoms with Gasteiger partial charge in [-0.05, 0) is 26.0 Å². The molecule has 92 valence electrons. The van der Waals surface area contributed by atoms with Crippen molar-refractivity contribution in [2.75, 3.05) is 23.3 Å². The van der Waals surface area contributed by atoms with E-state index in [1.165, 1.54) is 10.6 Å². The molecule has 0 radical (unpaired) electrons. The average Bonchev–Trinajstić information content (AvgIpc) is 2.74. The van der Waals surface area contributed by atoms with E-state index < -0.39 is 0 Å². The van der Waals surface area contributed by atoms with Gasteiger partial charge in [0.05, 0.1) is 11.6 Å². The molecule has 0 aliphatic carbocycles. The predicted octanol–water partition coefficient (Wildman–Crippen LogP) is 3.83. The molecule has 17 heavy (non-hydrogen) atoms. The Morgan fingerprint density at radius 1 is 1.41 bits per heavy atom. The highest BCUT2D eigenvalue weighted by Crippen LogP contribution is 2.42. The number of benzene rings is 1. The quantitative estimate of drug-likeness (QED) is 0.613. The van der Waals surface area contributed by atoms with Gasteiger partial charge in [-0.15, -0.1) is 11.8 Å². The molecular formula is C12H16N2S3. The lowest BCUT2D eigenvalue weighted by molar-refractivity contribution is 0.482. The van der Waals surface area contributed by atoms with Gasteiger partial charge in [0.15, 0.2) is 4.32 Å². The number of nitrogens with zero attached hydrogens (tertiary/aromatic N) is 2. The molecule has 0 spiro atoms. The van der Waals surface area contributed by atoms with Gasteiger partial charge in [-0.2, -0.15) is 0 Å². The first-order valence-electron chi connectivity index (χ1n) is 5.72. The molecule has 2 rings (SSSR count). The van der Waals surface area contributed by atoms with Gasteiger partial charge in [-0.3, -0.25) is 4.31 Å². The van der Waals surface area contributed by atoms with Crippen molar-refractivity contribution in [2.45, 2.75) is 18.7 Å². The monoisotopic (exact) mass is 284 g/mol. The number of para-hydroxylation sites is 1. The van der Waals surface area contributed by atoms with Gasteiger partial charge in [0, 0.05) is 29.9 Å². The zero-order valence-electron chi connectivity index (χ0n) is 10.0. The van der Waals surface area contributed by atoms with Crippen molar-refractivity contribution in [3.05, 3.63) is 24.3 Å². The third-order valence-electron chi connectivity index (χ3n) is 2.68. The molecule has 0 saturated carbocycles. The number of fused-ring (bicyclic) bond motifs is 1. The lowest BCUT2D eigenvalue weighted by Crippen LogP contribution is -2.29. The highest BCUT2D eigenvalue weighted by molar-refractivity contribution is 8.24. The van der Waals surface area contributed by atoms with Crippen LogP contribution in [-0.2, 0) is 0 Å². The minimum Gasteiger partial charge on any atom is -0.357 e. The molecule has 1 aliphatic rings. The van der Waals surface area contributed by atoms with Crippen LogP contribution in [0.4, 0.5) is 5.69 Å². The van der Waals surface area contributed by atoms with Crippen molar-refractivity contribution >= 4 is 45.9 Å². The molecule has 2 nitrogen and oxygen atoms in total. The third kappa shape index (κ3) is 2.89. The molecule has 1 heterocycles. The van der Waals surface area contributed by atoms with Crippen molar-refractivity contribution in [3.63, 3.8) is 0 Å². The van der Waals surface area contributed by atoms with Gasteiger partial charge < -0.3 is 4.90 Å². The van der Waals surface area contributed by atoms with E-state index in [9.17, 15) is 0 Å². The maximum Gasteiger partial charge on any atom is 0.157 e. The summed E-state index contributed by atoms with van der Waals surface area (Å²) >= 11 is 9.03. The summed E-state index contributed by atoms with van der Waals surface area (Å²) in [5.41, 5.74) is 1.29. The van der Waals surface area contributed by atoms with Crippen LogP contribution in [-0.4, -0.2) is 28.2 Å². The average molecular weight is 284 g/mol. The second-order valence-corrected chi connectivity index (χ2v) is 6.29. The van der Waals surface area contributed by atoms with Crippen LogP contribution in [0.1, 0.15) is 13.8 Å². The Kier molecular flexibility index (Phi) is 4.59. The summed E-state index contributed by atoms with van der Waals surface area (Å²) in [4.78, 5) is 3.56. The van der Waals surface area contributed by atoms with Gasteiger partial charge in [-0.25, -0.2) is 0 Å². The summed E-state index contributed by atoms with van der Waals surface area (Å²) in [6.07, 6.45) is 0. The van der Waals surface area contributed by atoms with E-state index in [0.717, 1.165) is 23.3 Å². The first-order valence-corrected chi connectivity index (χ1v) is 7.89. The first-order chi connectivity index (χ1) is 8.26. The lowest BCUT2D eigenvalue weighted by atomic mass is 10.3. The molecular weight excluding hydrogens is 268 g/mol. The van der Waals surface area contributed by atoms with Crippen molar-refractivity contribution in [1.29, 1.82) is 0 Å². The summed E-state index contributed by atoms with van der Waals surface area (Å²) in [5.74, 6) is 0.978. The topological polar surface area (TPSA) is 6.48 Å². The van der Waals surface area contributed by atoms with Crippen molar-refractivity contribution in [3.8, 4) is 0 Å². The lowest BCUT2D eigenvalue weighted by Gasteiger charge is -2.25. The Morgan fingerprint density at radius 2 is 2.12 bits per heavy atom. The van der Waals surface area contributed by atoms with Gasteiger partial charge in [-0.1, -0.05) is 24.4 Å². The van der Waals surface area contributed by atoms with E-state index in [2.05, 4.69) is 47.3 Å². The van der Waals surface area contributed by atoms with Gasteiger partial charge >= 0.3 is 0 Å². The van der Waals surface area contributed by atoms with Crippen molar-refractivity contribution in [2.24, 2.45) is 0 Å². The molecule has 1 aliphatic heterocycles. The first kappa shape index (κ1) is 13.1. The molecule has 0 atom stereocenters. The van der Waals surface area contributed by atoms with Gasteiger partial charge in [0.25, 0.3) is 0 Å². The summed E-state index contributed by atoms with van der Waals surface area (Å²) in [5, 5.41) is 0. The molecule has 1 aromatic carbocycles. The Labute approximate surface area is 117 Å². The Hall–Kier alpha value is -0.390. The molecule has 0 N–H and O–H groups in total. The summed E-state index contributed by atoms with van der Waals surface area (Å²) < 4.78 is 3.24. The minimum atomic E-state index is 0.965. The number of rotatable bonds is 3. The van der Waals surface area contributed by atoms with E-state index in [1.54, 1.807) is 11.9 Å². The Balaban J connectivity index is 2.04. The maximum atomic E-state index is 5.48. The van der Waals surface area contributed by atoms with E-state index in [4.69, 9.17) is 12.2 Å². The predicted molar refractivity (Wildman–Crippen MR) is 82.8 cm³/mol. The van der Waals surface area contributed by atoms with E-state index in [-0.39, 0.29) is 0 Å². The number of thiocarbonyl (C=S) groups is 1. The summed E-state index contributed by atoms with van der Waals surface area (Å²) in [6.45, 7) is 6.24. The molecule has 5 heteroatoms. The van der Waals surface area contributed by atoms with Crippen LogP contribution in [0.15, 0.2) is 29.2 Å². The van der Waals surface area contributed by atoms with Crippen LogP contribution in [0.5, 0.6) is 0 Å². The normalized spacial score (nSPS) is 13.6. The van der Waals surface area contributed by atoms with Crippen molar-refractivity contribution in [1.82, 2.24) is 4.90 Å². The number of hydrogen-bond donors (Lipinski definition) is 0. The van der Waals surface area contributed by atoms with Crippen molar-refractivity contribution < 1.29 is 0 Å². The maximum absolute atomic E-state index is 5.48. The standard InChI is InChI=1S/C12H16N2S3/c1-3-13(4-2)12(15)17-14-9-16-11-8-6-5-7-10(11)14/h5-8H,3-4,9H2,1-2H3. The highest BCUT2D eigenvalue weighted by Gasteiger charge is 2.22. The number of hydrogen-bond acceptors (Lipinski definition) is 4. The van der Waals surface area contributed by atoms with Gasteiger partial charge in [0.1, 0.15) is 0 Å². The molecule has 0 amide bonds. The Morgan fingerprint density at radius 3 is 2.82 bits per heavy atom. The molecule has 0 bridgehead atoms. The van der Waals surface area contributed by atoms with E-state index in [1.807, 2.05) is 11.8 Å². The van der Waals surface area contributed by atoms with Gasteiger partial charge in [0.2, 0.25) is 0 Å². The molecule has 1 aromatic rings. The molecule has 0 fully saturated rings. The van der Waals surface area contributed by atoms with Crippen LogP contribution in [0.2, 0.25) is 0 Å². The zero-order valence-corrected chi connectivity index (χ0v) is 12.5. The van der Waals surface area contributed by atoms with Crippen LogP contribution in [0.25, 0.3) is 0 Å². The van der Waals surface area contributed by atoms with Crippen LogP contribution in [0.3, 0.4) is 0 Å². The second-order valence-electron chi connectivity index (χ2n) is 3.65. The SMILES string of the molecule is CCN(CC)C(=S)SN1CSc2ccccc21. The second kappa shape index (κ2) is 5.98. The van der Waals surface area contributed by atoms with Crippen LogP contribution < -0.4 is 4.31 Å². The fourth-order valence-corrected chi connectivity index (χ4v) is 4.36. The summed E-state index contributed by atoms with van der Waals surface area (Å²) in [7, 11) is 0. The summed E-state index contributed by atoms with van der Waals surface area (Å²) in [6, 6.07) is 8.50. The zero-order chi connectivity index (χ0) is 12.3. The van der Waals surface area contributed by atoms with Crippen LogP contribution >= 0.6 is 35.9 Å². The minimum absolute atomic E-state index is 0.965. The van der Waals surface area contributed by atoms with Crippen LogP contribution in [0, 0.1) is 0 Å². The number of thioether (sulfide) groups is 1. The molecule has 0 aromatic heterocycles. The van der Waals surface area contributed by atoms with E-state index in [0.29, 0.717) is 0 Å². The molecule has 0 unspecified atom stereocenters.